The van der Waals surface area contributed by atoms with Crippen molar-refractivity contribution in [3.8, 4) is 11.3 Å². The maximum Gasteiger partial charge on any atom is 0.0704 e. The fraction of sp³-hybridized carbons (Fsp3) is 0.143. The lowest BCUT2D eigenvalue weighted by atomic mass is 10.0. The Morgan fingerprint density at radius 1 is 1.07 bits per heavy atom. The zero-order chi connectivity index (χ0) is 10.5. The summed E-state index contributed by atoms with van der Waals surface area (Å²) >= 11 is 0. The Balaban J connectivity index is 2.43. The lowest BCUT2D eigenvalue weighted by molar-refractivity contribution is 1.12. The third-order valence-electron chi connectivity index (χ3n) is 2.33. The van der Waals surface area contributed by atoms with Crippen LogP contribution in [0.15, 0.2) is 48.7 Å². The van der Waals surface area contributed by atoms with Gasteiger partial charge in [-0.3, -0.25) is 4.98 Å². The summed E-state index contributed by atoms with van der Waals surface area (Å²) in [5.74, 6) is 0. The Hall–Kier alpha value is -1.63. The zero-order valence-electron chi connectivity index (χ0n) is 8.85. The smallest absolute Gasteiger partial charge is 0.0704 e. The Morgan fingerprint density at radius 2 is 1.87 bits per heavy atom. The highest BCUT2D eigenvalue weighted by atomic mass is 14.7. The molecule has 1 aromatic heterocycles. The van der Waals surface area contributed by atoms with Crippen LogP contribution in [0.1, 0.15) is 18.9 Å². The molecule has 75 valence electrons. The number of pyridine rings is 1. The van der Waals surface area contributed by atoms with Gasteiger partial charge in [-0.1, -0.05) is 37.3 Å². The number of hydrogen-bond donors (Lipinski definition) is 0. The van der Waals surface area contributed by atoms with Crippen molar-refractivity contribution in [1.82, 2.24) is 4.98 Å². The molecule has 0 saturated heterocycles. The normalized spacial score (nSPS) is 10.2. The molecule has 1 heteroatoms. The molecule has 0 saturated carbocycles. The van der Waals surface area contributed by atoms with E-state index in [1.807, 2.05) is 24.4 Å². The largest absolute Gasteiger partial charge is 0.256 e. The van der Waals surface area contributed by atoms with Crippen molar-refractivity contribution >= 4 is 0 Å². The number of nitrogens with zero attached hydrogens (tertiary/aromatic N) is 1. The molecule has 1 aromatic carbocycles. The van der Waals surface area contributed by atoms with E-state index >= 15 is 0 Å². The van der Waals surface area contributed by atoms with Crippen molar-refractivity contribution < 1.29 is 0 Å². The summed E-state index contributed by atoms with van der Waals surface area (Å²) in [6, 6.07) is 14.4. The van der Waals surface area contributed by atoms with Gasteiger partial charge in [-0.05, 0) is 30.5 Å². The van der Waals surface area contributed by atoms with Crippen LogP contribution in [0.4, 0.5) is 0 Å². The molecule has 0 N–H and O–H groups in total. The fourth-order valence-corrected chi connectivity index (χ4v) is 1.65. The molecule has 2 aromatic rings. The second-order valence-corrected chi connectivity index (χ2v) is 3.41. The monoisotopic (exact) mass is 196 g/mol. The number of hydrogen-bond acceptors (Lipinski definition) is 1. The summed E-state index contributed by atoms with van der Waals surface area (Å²) in [6.45, 7) is 2.15. The average Bonchev–Trinajstić information content (AvgIpc) is 2.31. The van der Waals surface area contributed by atoms with Gasteiger partial charge in [0.25, 0.3) is 0 Å². The molecule has 1 heterocycles. The molecule has 15 heavy (non-hydrogen) atoms. The second-order valence-electron chi connectivity index (χ2n) is 3.41. The van der Waals surface area contributed by atoms with E-state index in [0.717, 1.165) is 12.1 Å². The molecule has 0 aliphatic heterocycles. The average molecular weight is 196 g/mol. The number of rotatable bonds is 3. The van der Waals surface area contributed by atoms with E-state index in [4.69, 9.17) is 0 Å². The number of aromatic nitrogens is 1. The van der Waals surface area contributed by atoms with Gasteiger partial charge >= 0.3 is 0 Å². The first-order valence-electron chi connectivity index (χ1n) is 5.25. The van der Waals surface area contributed by atoms with Gasteiger partial charge in [-0.15, -0.1) is 0 Å². The molecular formula is C14H14N. The molecule has 0 spiro atoms. The second kappa shape index (κ2) is 4.74. The Bertz CT molecular complexity index is 420. The maximum absolute atomic E-state index is 4.37. The Kier molecular flexibility index (Phi) is 3.13. The molecule has 0 bridgehead atoms. The van der Waals surface area contributed by atoms with Crippen LogP contribution in [0.2, 0.25) is 0 Å². The standard InChI is InChI=1S/C14H14N/c1-2-7-12-8-3-4-9-13(12)14-10-5-6-11-15-14/h3-11H,2H2,1H3. The summed E-state index contributed by atoms with van der Waals surface area (Å²) < 4.78 is 0. The fourth-order valence-electron chi connectivity index (χ4n) is 1.65. The van der Waals surface area contributed by atoms with Gasteiger partial charge in [0.05, 0.1) is 5.69 Å². The molecule has 0 amide bonds. The highest BCUT2D eigenvalue weighted by molar-refractivity contribution is 5.65. The minimum Gasteiger partial charge on any atom is -0.256 e. The van der Waals surface area contributed by atoms with Crippen LogP contribution in [0, 0.1) is 6.42 Å². The van der Waals surface area contributed by atoms with Gasteiger partial charge in [-0.2, -0.15) is 0 Å². The minimum absolute atomic E-state index is 1.04. The third-order valence-corrected chi connectivity index (χ3v) is 2.33. The van der Waals surface area contributed by atoms with E-state index in [0.29, 0.717) is 0 Å². The van der Waals surface area contributed by atoms with E-state index < -0.39 is 0 Å². The van der Waals surface area contributed by atoms with E-state index in [-0.39, 0.29) is 0 Å². The third kappa shape index (κ3) is 2.24. The first-order valence-corrected chi connectivity index (χ1v) is 5.25. The van der Waals surface area contributed by atoms with Crippen LogP contribution in [0.3, 0.4) is 0 Å². The topological polar surface area (TPSA) is 12.9 Å². The van der Waals surface area contributed by atoms with Gasteiger partial charge in [-0.25, -0.2) is 0 Å². The van der Waals surface area contributed by atoms with Crippen molar-refractivity contribution in [3.05, 3.63) is 60.6 Å². The van der Waals surface area contributed by atoms with Crippen molar-refractivity contribution in [3.63, 3.8) is 0 Å². The van der Waals surface area contributed by atoms with Crippen LogP contribution in [0.5, 0.6) is 0 Å². The summed E-state index contributed by atoms with van der Waals surface area (Å²) in [5, 5.41) is 0. The molecule has 0 aliphatic carbocycles. The van der Waals surface area contributed by atoms with E-state index in [9.17, 15) is 0 Å². The van der Waals surface area contributed by atoms with Crippen LogP contribution in [0.25, 0.3) is 11.3 Å². The van der Waals surface area contributed by atoms with Gasteiger partial charge in [0.15, 0.2) is 0 Å². The van der Waals surface area contributed by atoms with Gasteiger partial charge < -0.3 is 0 Å². The molecule has 1 radical (unpaired) electrons. The zero-order valence-corrected chi connectivity index (χ0v) is 8.85. The Labute approximate surface area is 90.8 Å². The molecule has 1 nitrogen and oxygen atoms in total. The SMILES string of the molecule is CC[CH]c1ccccc1-c1ccccn1. The first-order chi connectivity index (χ1) is 7.42. The van der Waals surface area contributed by atoms with E-state index in [1.165, 1.54) is 11.1 Å². The minimum atomic E-state index is 1.04. The predicted octanol–water partition coefficient (Wildman–Crippen LogP) is 3.71. The van der Waals surface area contributed by atoms with Gasteiger partial charge in [0.1, 0.15) is 0 Å². The maximum atomic E-state index is 4.37. The molecule has 0 unspecified atom stereocenters. The molecule has 2 rings (SSSR count). The highest BCUT2D eigenvalue weighted by Crippen LogP contribution is 2.23. The van der Waals surface area contributed by atoms with Gasteiger partial charge in [0.2, 0.25) is 0 Å². The van der Waals surface area contributed by atoms with Crippen LogP contribution < -0.4 is 0 Å². The van der Waals surface area contributed by atoms with E-state index in [2.05, 4.69) is 42.6 Å². The van der Waals surface area contributed by atoms with E-state index in [1.54, 1.807) is 0 Å². The van der Waals surface area contributed by atoms with Crippen molar-refractivity contribution in [1.29, 1.82) is 0 Å². The van der Waals surface area contributed by atoms with Crippen molar-refractivity contribution in [2.45, 2.75) is 13.3 Å². The highest BCUT2D eigenvalue weighted by Gasteiger charge is 2.03. The predicted molar refractivity (Wildman–Crippen MR) is 63.4 cm³/mol. The summed E-state index contributed by atoms with van der Waals surface area (Å²) in [6.07, 6.45) is 5.10. The van der Waals surface area contributed by atoms with Crippen LogP contribution >= 0.6 is 0 Å². The summed E-state index contributed by atoms with van der Waals surface area (Å²) in [5.41, 5.74) is 3.51. The summed E-state index contributed by atoms with van der Waals surface area (Å²) in [7, 11) is 0. The van der Waals surface area contributed by atoms with Crippen LogP contribution in [-0.4, -0.2) is 4.98 Å². The number of benzene rings is 1. The van der Waals surface area contributed by atoms with Crippen molar-refractivity contribution in [2.24, 2.45) is 0 Å². The van der Waals surface area contributed by atoms with Crippen LogP contribution in [-0.2, 0) is 0 Å². The molecular weight excluding hydrogens is 182 g/mol. The van der Waals surface area contributed by atoms with Crippen molar-refractivity contribution in [2.75, 3.05) is 0 Å². The molecule has 0 atom stereocenters. The van der Waals surface area contributed by atoms with Gasteiger partial charge in [0, 0.05) is 11.8 Å². The lowest BCUT2D eigenvalue weighted by Gasteiger charge is -2.06. The molecule has 0 aliphatic rings. The molecule has 0 fully saturated rings. The summed E-state index contributed by atoms with van der Waals surface area (Å²) in [4.78, 5) is 4.37. The quantitative estimate of drug-likeness (QED) is 0.729. The Morgan fingerprint density at radius 3 is 2.60 bits per heavy atom. The first kappa shape index (κ1) is 9.91. The lowest BCUT2D eigenvalue weighted by Crippen LogP contribution is -1.88.